The van der Waals surface area contributed by atoms with Crippen LogP contribution in [0.1, 0.15) is 24.1 Å². The third-order valence-corrected chi connectivity index (χ3v) is 4.17. The van der Waals surface area contributed by atoms with Gasteiger partial charge in [0.05, 0.1) is 17.8 Å². The minimum atomic E-state index is 0.0162. The Hall–Kier alpha value is -2.01. The maximum absolute atomic E-state index is 11.4. The van der Waals surface area contributed by atoms with Gasteiger partial charge in [0.2, 0.25) is 5.91 Å². The lowest BCUT2D eigenvalue weighted by atomic mass is 10.1. The number of hydrogen-bond donors (Lipinski definition) is 3. The van der Waals surface area contributed by atoms with Crippen LogP contribution in [-0.2, 0) is 11.2 Å². The van der Waals surface area contributed by atoms with E-state index < -0.39 is 0 Å². The van der Waals surface area contributed by atoms with Gasteiger partial charge in [-0.3, -0.25) is 4.79 Å². The lowest BCUT2D eigenvalue weighted by Gasteiger charge is -2.18. The van der Waals surface area contributed by atoms with E-state index in [-0.39, 0.29) is 11.9 Å². The zero-order valence-corrected chi connectivity index (χ0v) is 13.2. The number of nitrogen functional groups attached to an aromatic ring is 1. The number of benzene rings is 2. The number of amides is 1. The number of rotatable bonds is 3. The fourth-order valence-corrected chi connectivity index (χ4v) is 2.75. The number of nitrogens with one attached hydrogen (secondary N) is 2. The van der Waals surface area contributed by atoms with Crippen LogP contribution in [0.25, 0.3) is 0 Å². The van der Waals surface area contributed by atoms with E-state index in [1.54, 1.807) is 0 Å². The number of nitrogens with two attached hydrogens (primary N) is 1. The molecule has 2 aromatic rings. The summed E-state index contributed by atoms with van der Waals surface area (Å²) in [5.41, 5.74) is 10.6. The highest BCUT2D eigenvalue weighted by molar-refractivity contribution is 9.10. The van der Waals surface area contributed by atoms with Gasteiger partial charge in [-0.05, 0) is 42.3 Å². The highest BCUT2D eigenvalue weighted by Gasteiger charge is 2.19. The molecule has 1 amide bonds. The zero-order chi connectivity index (χ0) is 15.0. The van der Waals surface area contributed by atoms with Gasteiger partial charge >= 0.3 is 0 Å². The molecule has 1 heterocycles. The average molecular weight is 346 g/mol. The maximum Gasteiger partial charge on any atom is 0.228 e. The van der Waals surface area contributed by atoms with Gasteiger partial charge in [-0.25, -0.2) is 0 Å². The maximum atomic E-state index is 11.4. The summed E-state index contributed by atoms with van der Waals surface area (Å²) in [6.45, 7) is 2.08. The molecule has 0 radical (unpaired) electrons. The summed E-state index contributed by atoms with van der Waals surface area (Å²) < 4.78 is 1.05. The van der Waals surface area contributed by atoms with Crippen molar-refractivity contribution in [2.75, 3.05) is 16.4 Å². The van der Waals surface area contributed by atoms with Crippen LogP contribution in [-0.4, -0.2) is 5.91 Å². The molecule has 4 N–H and O–H groups in total. The summed E-state index contributed by atoms with van der Waals surface area (Å²) in [4.78, 5) is 11.4. The minimum absolute atomic E-state index is 0.0162. The smallest absolute Gasteiger partial charge is 0.228 e. The monoisotopic (exact) mass is 345 g/mol. The first-order valence-corrected chi connectivity index (χ1v) is 7.56. The van der Waals surface area contributed by atoms with E-state index in [2.05, 4.69) is 45.6 Å². The lowest BCUT2D eigenvalue weighted by Crippen LogP contribution is -2.09. The van der Waals surface area contributed by atoms with Crippen molar-refractivity contribution in [3.63, 3.8) is 0 Å². The highest BCUT2D eigenvalue weighted by Crippen LogP contribution is 2.33. The number of fused-ring (bicyclic) bond motifs is 1. The van der Waals surface area contributed by atoms with Crippen molar-refractivity contribution in [1.82, 2.24) is 0 Å². The molecule has 0 fully saturated rings. The van der Waals surface area contributed by atoms with Crippen molar-refractivity contribution in [1.29, 1.82) is 0 Å². The number of halogens is 1. The molecule has 1 aliphatic rings. The SMILES string of the molecule is CC(Nc1cc2c(cc1N)CC(=O)N2)c1ccc(Br)cc1. The van der Waals surface area contributed by atoms with Crippen molar-refractivity contribution in [2.45, 2.75) is 19.4 Å². The van der Waals surface area contributed by atoms with E-state index in [4.69, 9.17) is 5.73 Å². The van der Waals surface area contributed by atoms with E-state index in [1.165, 1.54) is 5.56 Å². The molecule has 2 aromatic carbocycles. The third-order valence-electron chi connectivity index (χ3n) is 3.64. The summed E-state index contributed by atoms with van der Waals surface area (Å²) in [6.07, 6.45) is 0.405. The Balaban J connectivity index is 1.83. The second-order valence-electron chi connectivity index (χ2n) is 5.24. The third kappa shape index (κ3) is 2.88. The van der Waals surface area contributed by atoms with Gasteiger partial charge < -0.3 is 16.4 Å². The summed E-state index contributed by atoms with van der Waals surface area (Å²) >= 11 is 3.43. The van der Waals surface area contributed by atoms with Crippen LogP contribution in [0.2, 0.25) is 0 Å². The molecule has 0 saturated carbocycles. The first-order valence-electron chi connectivity index (χ1n) is 6.77. The molecule has 108 valence electrons. The molecular formula is C16H16BrN3O. The molecule has 1 unspecified atom stereocenters. The van der Waals surface area contributed by atoms with Crippen LogP contribution in [0.5, 0.6) is 0 Å². The second kappa shape index (κ2) is 5.41. The Kier molecular flexibility index (Phi) is 3.59. The summed E-state index contributed by atoms with van der Waals surface area (Å²) in [7, 11) is 0. The Morgan fingerprint density at radius 1 is 1.29 bits per heavy atom. The van der Waals surface area contributed by atoms with E-state index in [0.717, 1.165) is 21.4 Å². The van der Waals surface area contributed by atoms with Gasteiger partial charge in [0.1, 0.15) is 0 Å². The first-order chi connectivity index (χ1) is 10.0. The minimum Gasteiger partial charge on any atom is -0.397 e. The van der Waals surface area contributed by atoms with Crippen LogP contribution < -0.4 is 16.4 Å². The molecule has 1 atom stereocenters. The Morgan fingerprint density at radius 3 is 2.71 bits per heavy atom. The van der Waals surface area contributed by atoms with E-state index >= 15 is 0 Å². The van der Waals surface area contributed by atoms with Gasteiger partial charge in [-0.15, -0.1) is 0 Å². The van der Waals surface area contributed by atoms with E-state index in [9.17, 15) is 4.79 Å². The van der Waals surface area contributed by atoms with Crippen molar-refractivity contribution in [3.8, 4) is 0 Å². The van der Waals surface area contributed by atoms with Gasteiger partial charge in [0, 0.05) is 16.2 Å². The standard InChI is InChI=1S/C16H16BrN3O/c1-9(10-2-4-12(17)5-3-10)19-15-8-14-11(6-13(15)18)7-16(21)20-14/h2-6,8-9,19H,7,18H2,1H3,(H,20,21). The number of anilines is 3. The number of carbonyl (C=O) groups excluding carboxylic acids is 1. The van der Waals surface area contributed by atoms with Crippen LogP contribution in [0.15, 0.2) is 40.9 Å². The van der Waals surface area contributed by atoms with Crippen LogP contribution >= 0.6 is 15.9 Å². The Bertz CT molecular complexity index is 697. The Labute approximate surface area is 131 Å². The van der Waals surface area contributed by atoms with Gasteiger partial charge in [-0.2, -0.15) is 0 Å². The first kappa shape index (κ1) is 13.9. The molecule has 0 aliphatic carbocycles. The van der Waals surface area contributed by atoms with Crippen molar-refractivity contribution in [2.24, 2.45) is 0 Å². The van der Waals surface area contributed by atoms with E-state index in [1.807, 2.05) is 24.3 Å². The van der Waals surface area contributed by atoms with Crippen molar-refractivity contribution in [3.05, 3.63) is 52.0 Å². The molecule has 1 aliphatic heterocycles. The second-order valence-corrected chi connectivity index (χ2v) is 6.15. The molecule has 4 nitrogen and oxygen atoms in total. The van der Waals surface area contributed by atoms with Crippen LogP contribution in [0.3, 0.4) is 0 Å². The Morgan fingerprint density at radius 2 is 2.00 bits per heavy atom. The zero-order valence-electron chi connectivity index (χ0n) is 11.6. The summed E-state index contributed by atoms with van der Waals surface area (Å²) in [5, 5.41) is 6.24. The van der Waals surface area contributed by atoms with Gasteiger partial charge in [0.25, 0.3) is 0 Å². The largest absolute Gasteiger partial charge is 0.397 e. The summed E-state index contributed by atoms with van der Waals surface area (Å²) in [6, 6.07) is 12.0. The number of carbonyl (C=O) groups is 1. The lowest BCUT2D eigenvalue weighted by molar-refractivity contribution is -0.115. The van der Waals surface area contributed by atoms with Gasteiger partial charge in [-0.1, -0.05) is 28.1 Å². The highest BCUT2D eigenvalue weighted by atomic mass is 79.9. The quantitative estimate of drug-likeness (QED) is 0.743. The fraction of sp³-hybridized carbons (Fsp3) is 0.188. The van der Waals surface area contributed by atoms with Crippen molar-refractivity contribution < 1.29 is 4.79 Å². The van der Waals surface area contributed by atoms with Crippen molar-refractivity contribution >= 4 is 38.9 Å². The van der Waals surface area contributed by atoms with E-state index in [0.29, 0.717) is 12.1 Å². The van der Waals surface area contributed by atoms with Crippen LogP contribution in [0, 0.1) is 0 Å². The molecule has 0 spiro atoms. The number of hydrogen-bond acceptors (Lipinski definition) is 3. The molecule has 0 saturated heterocycles. The predicted molar refractivity (Wildman–Crippen MR) is 89.4 cm³/mol. The average Bonchev–Trinajstić information content (AvgIpc) is 2.79. The molecule has 3 rings (SSSR count). The van der Waals surface area contributed by atoms with Crippen LogP contribution in [0.4, 0.5) is 17.1 Å². The molecule has 0 bridgehead atoms. The molecular weight excluding hydrogens is 330 g/mol. The predicted octanol–water partition coefficient (Wildman–Crippen LogP) is 3.70. The fourth-order valence-electron chi connectivity index (χ4n) is 2.49. The topological polar surface area (TPSA) is 67.1 Å². The summed E-state index contributed by atoms with van der Waals surface area (Å²) in [5.74, 6) is 0.0162. The van der Waals surface area contributed by atoms with Gasteiger partial charge in [0.15, 0.2) is 0 Å². The molecule has 0 aromatic heterocycles. The normalized spacial score (nSPS) is 14.5. The molecule has 21 heavy (non-hydrogen) atoms. The molecule has 5 heteroatoms.